The van der Waals surface area contributed by atoms with Crippen LogP contribution >= 0.6 is 11.6 Å². The Morgan fingerprint density at radius 3 is 1.69 bits per heavy atom. The number of unbranched alkanes of at least 4 members (excludes halogenated alkanes) is 9. The van der Waals surface area contributed by atoms with Crippen LogP contribution in [0, 0.1) is 0 Å². The molecule has 0 heterocycles. The number of alkyl halides is 1. The third kappa shape index (κ3) is 12.3. The van der Waals surface area contributed by atoms with Crippen LogP contribution in [-0.4, -0.2) is 17.1 Å². The summed E-state index contributed by atoms with van der Waals surface area (Å²) in [6, 6.07) is 0. The van der Waals surface area contributed by atoms with Gasteiger partial charge in [0, 0.05) is 5.88 Å². The number of rotatable bonds is 12. The van der Waals surface area contributed by atoms with Crippen LogP contribution in [0.25, 0.3) is 0 Å². The fraction of sp³-hybridized carbons (Fsp3) is 1.00. The molecule has 0 aromatic carbocycles. The van der Waals surface area contributed by atoms with Gasteiger partial charge in [-0.3, -0.25) is 0 Å². The highest BCUT2D eigenvalue weighted by atomic mass is 35.5. The Balaban J connectivity index is 2.93. The maximum absolute atomic E-state index is 9.25. The van der Waals surface area contributed by atoms with Gasteiger partial charge in [-0.05, 0) is 6.42 Å². The first kappa shape index (κ1) is 16.2. The van der Waals surface area contributed by atoms with E-state index < -0.39 is 0 Å². The molecule has 1 nitrogen and oxygen atoms in total. The smallest absolute Gasteiger partial charge is 0.0675 e. The second-order valence-corrected chi connectivity index (χ2v) is 5.09. The molecule has 0 aromatic rings. The number of aliphatic hydroxyl groups is 1. The summed E-state index contributed by atoms with van der Waals surface area (Å²) in [6.07, 6.45) is 14.0. The molecule has 16 heavy (non-hydrogen) atoms. The first-order valence-corrected chi connectivity index (χ1v) is 7.58. The average Bonchev–Trinajstić information content (AvgIpc) is 2.31. The Morgan fingerprint density at radius 1 is 0.812 bits per heavy atom. The van der Waals surface area contributed by atoms with Crippen molar-refractivity contribution in [3.05, 3.63) is 0 Å². The van der Waals surface area contributed by atoms with Gasteiger partial charge in [0.2, 0.25) is 0 Å². The van der Waals surface area contributed by atoms with Gasteiger partial charge in [0.25, 0.3) is 0 Å². The molecule has 0 aliphatic rings. The van der Waals surface area contributed by atoms with E-state index in [1.54, 1.807) is 0 Å². The van der Waals surface area contributed by atoms with Gasteiger partial charge in [-0.15, -0.1) is 11.6 Å². The van der Waals surface area contributed by atoms with Gasteiger partial charge >= 0.3 is 0 Å². The number of hydrogen-bond acceptors (Lipinski definition) is 1. The van der Waals surface area contributed by atoms with Crippen LogP contribution in [0.2, 0.25) is 0 Å². The van der Waals surface area contributed by atoms with E-state index in [1.807, 2.05) is 0 Å². The second kappa shape index (κ2) is 13.3. The summed E-state index contributed by atoms with van der Waals surface area (Å²) in [7, 11) is 0. The van der Waals surface area contributed by atoms with E-state index in [0.717, 1.165) is 12.8 Å². The van der Waals surface area contributed by atoms with E-state index >= 15 is 0 Å². The minimum Gasteiger partial charge on any atom is -0.392 e. The lowest BCUT2D eigenvalue weighted by atomic mass is 10.1. The summed E-state index contributed by atoms with van der Waals surface area (Å²) in [5.41, 5.74) is 0. The standard InChI is InChI=1S/C14H29ClO/c1-2-3-4-5-6-7-8-9-10-11-12-14(16)13-15/h14,16H,2-13H2,1H3. The highest BCUT2D eigenvalue weighted by molar-refractivity contribution is 6.18. The Kier molecular flexibility index (Phi) is 13.5. The van der Waals surface area contributed by atoms with E-state index in [4.69, 9.17) is 11.6 Å². The zero-order valence-corrected chi connectivity index (χ0v) is 11.6. The highest BCUT2D eigenvalue weighted by Crippen LogP contribution is 2.12. The highest BCUT2D eigenvalue weighted by Gasteiger charge is 2.00. The molecule has 0 spiro atoms. The van der Waals surface area contributed by atoms with Crippen LogP contribution in [0.4, 0.5) is 0 Å². The largest absolute Gasteiger partial charge is 0.392 e. The molecular formula is C14H29ClO. The molecule has 0 rings (SSSR count). The minimum absolute atomic E-state index is 0.282. The van der Waals surface area contributed by atoms with Crippen molar-refractivity contribution in [3.63, 3.8) is 0 Å². The van der Waals surface area contributed by atoms with E-state index in [0.29, 0.717) is 5.88 Å². The first-order valence-electron chi connectivity index (χ1n) is 7.05. The van der Waals surface area contributed by atoms with E-state index in [9.17, 15) is 5.11 Å². The molecule has 1 N–H and O–H groups in total. The first-order chi connectivity index (χ1) is 7.81. The van der Waals surface area contributed by atoms with E-state index in [1.165, 1.54) is 57.8 Å². The Morgan fingerprint density at radius 2 is 1.25 bits per heavy atom. The van der Waals surface area contributed by atoms with Crippen LogP contribution in [-0.2, 0) is 0 Å². The zero-order chi connectivity index (χ0) is 12.1. The predicted molar refractivity (Wildman–Crippen MR) is 73.2 cm³/mol. The SMILES string of the molecule is CCCCCCCCCCCCC(O)CCl. The molecule has 0 saturated carbocycles. The third-order valence-corrected chi connectivity index (χ3v) is 3.43. The Bertz CT molecular complexity index is 128. The van der Waals surface area contributed by atoms with Crippen molar-refractivity contribution >= 4 is 11.6 Å². The quantitative estimate of drug-likeness (QED) is 0.385. The molecule has 0 radical (unpaired) electrons. The fourth-order valence-electron chi connectivity index (χ4n) is 1.94. The van der Waals surface area contributed by atoms with Crippen LogP contribution in [0.5, 0.6) is 0 Å². The zero-order valence-electron chi connectivity index (χ0n) is 10.9. The van der Waals surface area contributed by atoms with Gasteiger partial charge in [-0.1, -0.05) is 71.1 Å². The van der Waals surface area contributed by atoms with Gasteiger partial charge in [0.05, 0.1) is 6.10 Å². The molecule has 0 aliphatic carbocycles. The maximum Gasteiger partial charge on any atom is 0.0675 e. The number of aliphatic hydroxyl groups excluding tert-OH is 1. The van der Waals surface area contributed by atoms with Gasteiger partial charge in [0.1, 0.15) is 0 Å². The summed E-state index contributed by atoms with van der Waals surface area (Å²) in [6.45, 7) is 2.26. The van der Waals surface area contributed by atoms with Crippen LogP contribution in [0.1, 0.15) is 77.6 Å². The van der Waals surface area contributed by atoms with Crippen LogP contribution in [0.3, 0.4) is 0 Å². The van der Waals surface area contributed by atoms with E-state index in [-0.39, 0.29) is 6.10 Å². The van der Waals surface area contributed by atoms with Crippen molar-refractivity contribution < 1.29 is 5.11 Å². The van der Waals surface area contributed by atoms with Crippen molar-refractivity contribution in [1.29, 1.82) is 0 Å². The van der Waals surface area contributed by atoms with E-state index in [2.05, 4.69) is 6.92 Å². The molecule has 98 valence electrons. The maximum atomic E-state index is 9.25. The van der Waals surface area contributed by atoms with Crippen LogP contribution in [0.15, 0.2) is 0 Å². The summed E-state index contributed by atoms with van der Waals surface area (Å²) in [4.78, 5) is 0. The van der Waals surface area contributed by atoms with Crippen molar-refractivity contribution in [1.82, 2.24) is 0 Å². The topological polar surface area (TPSA) is 20.2 Å². The molecule has 0 fully saturated rings. The Hall–Kier alpha value is 0.250. The molecule has 0 bridgehead atoms. The third-order valence-electron chi connectivity index (χ3n) is 3.07. The van der Waals surface area contributed by atoms with Gasteiger partial charge in [-0.25, -0.2) is 0 Å². The summed E-state index contributed by atoms with van der Waals surface area (Å²) < 4.78 is 0. The lowest BCUT2D eigenvalue weighted by molar-refractivity contribution is 0.183. The summed E-state index contributed by atoms with van der Waals surface area (Å²) in [5.74, 6) is 0.386. The summed E-state index contributed by atoms with van der Waals surface area (Å²) in [5, 5.41) is 9.25. The number of hydrogen-bond donors (Lipinski definition) is 1. The lowest BCUT2D eigenvalue weighted by Gasteiger charge is -2.05. The molecule has 1 unspecified atom stereocenters. The molecule has 0 aliphatic heterocycles. The molecule has 0 saturated heterocycles. The number of halogens is 1. The monoisotopic (exact) mass is 248 g/mol. The fourth-order valence-corrected chi connectivity index (χ4v) is 2.10. The van der Waals surface area contributed by atoms with Crippen molar-refractivity contribution in [2.45, 2.75) is 83.7 Å². The molecule has 2 heteroatoms. The molecular weight excluding hydrogens is 220 g/mol. The second-order valence-electron chi connectivity index (χ2n) is 4.78. The lowest BCUT2D eigenvalue weighted by Crippen LogP contribution is -2.07. The van der Waals surface area contributed by atoms with Gasteiger partial charge < -0.3 is 5.11 Å². The average molecular weight is 249 g/mol. The normalized spacial score (nSPS) is 12.9. The Labute approximate surface area is 107 Å². The van der Waals surface area contributed by atoms with Crippen molar-refractivity contribution in [2.24, 2.45) is 0 Å². The summed E-state index contributed by atoms with van der Waals surface area (Å²) >= 11 is 5.52. The van der Waals surface area contributed by atoms with Crippen molar-refractivity contribution in [2.75, 3.05) is 5.88 Å². The van der Waals surface area contributed by atoms with Crippen LogP contribution < -0.4 is 0 Å². The molecule has 0 aromatic heterocycles. The van der Waals surface area contributed by atoms with Crippen molar-refractivity contribution in [3.8, 4) is 0 Å². The molecule has 1 atom stereocenters. The van der Waals surface area contributed by atoms with Gasteiger partial charge in [-0.2, -0.15) is 0 Å². The molecule has 0 amide bonds. The predicted octanol–water partition coefficient (Wildman–Crippen LogP) is 4.90. The van der Waals surface area contributed by atoms with Gasteiger partial charge in [0.15, 0.2) is 0 Å². The minimum atomic E-state index is -0.282.